The van der Waals surface area contributed by atoms with E-state index in [1.54, 1.807) is 12.1 Å². The molecule has 0 radical (unpaired) electrons. The first-order chi connectivity index (χ1) is 9.65. The van der Waals surface area contributed by atoms with Crippen LogP contribution < -0.4 is 5.32 Å². The molecule has 0 spiro atoms. The zero-order valence-corrected chi connectivity index (χ0v) is 12.0. The lowest BCUT2D eigenvalue weighted by Gasteiger charge is -2.24. The third kappa shape index (κ3) is 2.67. The van der Waals surface area contributed by atoms with E-state index in [9.17, 15) is 9.18 Å². The number of carbonyl (C=O) groups is 1. The van der Waals surface area contributed by atoms with E-state index >= 15 is 0 Å². The number of nitrogens with one attached hydrogen (secondary N) is 1. The fraction of sp³-hybridized carbons (Fsp3) is 0.533. The molecule has 2 aliphatic heterocycles. The average Bonchev–Trinajstić information content (AvgIpc) is 2.87. The van der Waals surface area contributed by atoms with Crippen molar-refractivity contribution in [1.29, 1.82) is 0 Å². The maximum Gasteiger partial charge on any atom is 0.227 e. The van der Waals surface area contributed by atoms with Crippen molar-refractivity contribution in [3.05, 3.63) is 34.6 Å². The molecule has 1 aromatic carbocycles. The van der Waals surface area contributed by atoms with Crippen LogP contribution in [-0.2, 0) is 11.2 Å². The fourth-order valence-corrected chi connectivity index (χ4v) is 3.44. The van der Waals surface area contributed by atoms with Crippen molar-refractivity contribution in [3.63, 3.8) is 0 Å². The first-order valence-corrected chi connectivity index (χ1v) is 7.47. The Morgan fingerprint density at radius 2 is 2.30 bits per heavy atom. The summed E-state index contributed by atoms with van der Waals surface area (Å²) in [5.74, 6) is 0.109. The third-order valence-corrected chi connectivity index (χ3v) is 4.70. The monoisotopic (exact) mass is 296 g/mol. The van der Waals surface area contributed by atoms with Crippen LogP contribution in [-0.4, -0.2) is 36.5 Å². The number of hydrogen-bond donors (Lipinski definition) is 1. The van der Waals surface area contributed by atoms with Crippen molar-refractivity contribution in [2.24, 2.45) is 5.92 Å². The van der Waals surface area contributed by atoms with Crippen molar-refractivity contribution in [2.45, 2.75) is 25.3 Å². The second-order valence-corrected chi connectivity index (χ2v) is 6.05. The summed E-state index contributed by atoms with van der Waals surface area (Å²) in [5.41, 5.74) is 0.307. The number of hydrogen-bond acceptors (Lipinski definition) is 2. The molecule has 1 N–H and O–H groups in total. The average molecular weight is 297 g/mol. The standard InChI is InChI=1S/C15H18ClFN2O/c16-12-4-1-5-13(17)11(12)7-15(20)19-8-10-3-2-6-18-14(10)9-19/h1,4-5,10,14,18H,2-3,6-9H2/t10-,14+/m0/s1. The molecule has 108 valence electrons. The quantitative estimate of drug-likeness (QED) is 0.908. The van der Waals surface area contributed by atoms with E-state index in [1.807, 2.05) is 4.90 Å². The van der Waals surface area contributed by atoms with Gasteiger partial charge in [0.15, 0.2) is 0 Å². The van der Waals surface area contributed by atoms with Gasteiger partial charge in [-0.2, -0.15) is 0 Å². The molecule has 3 rings (SSSR count). The Kier molecular flexibility index (Phi) is 3.94. The van der Waals surface area contributed by atoms with Gasteiger partial charge in [-0.3, -0.25) is 4.79 Å². The molecule has 2 fully saturated rings. The molecule has 5 heteroatoms. The minimum atomic E-state index is -0.402. The van der Waals surface area contributed by atoms with Gasteiger partial charge in [-0.25, -0.2) is 4.39 Å². The van der Waals surface area contributed by atoms with Gasteiger partial charge in [-0.15, -0.1) is 0 Å². The van der Waals surface area contributed by atoms with Crippen LogP contribution in [0.15, 0.2) is 18.2 Å². The molecule has 1 aromatic rings. The van der Waals surface area contributed by atoms with Crippen molar-refractivity contribution in [1.82, 2.24) is 10.2 Å². The maximum atomic E-state index is 13.7. The molecule has 0 saturated carbocycles. The predicted octanol–water partition coefficient (Wildman–Crippen LogP) is 2.23. The highest BCUT2D eigenvalue weighted by atomic mass is 35.5. The predicted molar refractivity (Wildman–Crippen MR) is 76.2 cm³/mol. The largest absolute Gasteiger partial charge is 0.340 e. The van der Waals surface area contributed by atoms with E-state index in [4.69, 9.17) is 11.6 Å². The summed E-state index contributed by atoms with van der Waals surface area (Å²) < 4.78 is 13.7. The minimum absolute atomic E-state index is 0.0341. The number of amides is 1. The topological polar surface area (TPSA) is 32.3 Å². The molecule has 0 aliphatic carbocycles. The van der Waals surface area contributed by atoms with Crippen molar-refractivity contribution in [2.75, 3.05) is 19.6 Å². The van der Waals surface area contributed by atoms with Gasteiger partial charge in [-0.05, 0) is 37.4 Å². The Morgan fingerprint density at radius 3 is 3.05 bits per heavy atom. The fourth-order valence-electron chi connectivity index (χ4n) is 3.21. The Labute approximate surface area is 123 Å². The van der Waals surface area contributed by atoms with Gasteiger partial charge in [-0.1, -0.05) is 17.7 Å². The van der Waals surface area contributed by atoms with Gasteiger partial charge >= 0.3 is 0 Å². The van der Waals surface area contributed by atoms with E-state index in [-0.39, 0.29) is 12.3 Å². The van der Waals surface area contributed by atoms with Gasteiger partial charge in [0.2, 0.25) is 5.91 Å². The molecule has 0 aromatic heterocycles. The lowest BCUT2D eigenvalue weighted by atomic mass is 9.94. The lowest BCUT2D eigenvalue weighted by molar-refractivity contribution is -0.129. The Morgan fingerprint density at radius 1 is 1.45 bits per heavy atom. The summed E-state index contributed by atoms with van der Waals surface area (Å²) in [6.45, 7) is 2.54. The second kappa shape index (κ2) is 5.70. The van der Waals surface area contributed by atoms with Crippen LogP contribution in [0.3, 0.4) is 0 Å². The Bertz CT molecular complexity index is 488. The number of rotatable bonds is 2. The van der Waals surface area contributed by atoms with Crippen LogP contribution in [0.5, 0.6) is 0 Å². The number of halogens is 2. The molecule has 2 saturated heterocycles. The molecule has 0 unspecified atom stereocenters. The van der Waals surface area contributed by atoms with Gasteiger partial charge in [0.1, 0.15) is 5.82 Å². The number of nitrogens with zero attached hydrogens (tertiary/aromatic N) is 1. The van der Waals surface area contributed by atoms with E-state index in [1.165, 1.54) is 18.9 Å². The van der Waals surface area contributed by atoms with E-state index in [0.29, 0.717) is 22.5 Å². The molecule has 0 bridgehead atoms. The van der Waals surface area contributed by atoms with Crippen LogP contribution in [0.2, 0.25) is 5.02 Å². The van der Waals surface area contributed by atoms with Crippen LogP contribution >= 0.6 is 11.6 Å². The molecule has 2 atom stereocenters. The first-order valence-electron chi connectivity index (χ1n) is 7.09. The summed E-state index contributed by atoms with van der Waals surface area (Å²) in [7, 11) is 0. The molecular weight excluding hydrogens is 279 g/mol. The van der Waals surface area contributed by atoms with Crippen LogP contribution in [0, 0.1) is 11.7 Å². The zero-order chi connectivity index (χ0) is 14.1. The van der Waals surface area contributed by atoms with Crippen LogP contribution in [0.25, 0.3) is 0 Å². The molecule has 2 aliphatic rings. The molecule has 20 heavy (non-hydrogen) atoms. The molecule has 2 heterocycles. The third-order valence-electron chi connectivity index (χ3n) is 4.34. The highest BCUT2D eigenvalue weighted by Gasteiger charge is 2.36. The van der Waals surface area contributed by atoms with Crippen LogP contribution in [0.1, 0.15) is 18.4 Å². The second-order valence-electron chi connectivity index (χ2n) is 5.64. The number of piperidine rings is 1. The summed E-state index contributed by atoms with van der Waals surface area (Å²) in [6.07, 6.45) is 2.38. The van der Waals surface area contributed by atoms with Crippen molar-refractivity contribution < 1.29 is 9.18 Å². The SMILES string of the molecule is O=C(Cc1c(F)cccc1Cl)N1C[C@@H]2CCCN[C@@H]2C1. The lowest BCUT2D eigenvalue weighted by Crippen LogP contribution is -2.41. The van der Waals surface area contributed by atoms with E-state index in [0.717, 1.165) is 19.6 Å². The van der Waals surface area contributed by atoms with Crippen LogP contribution in [0.4, 0.5) is 4.39 Å². The van der Waals surface area contributed by atoms with Gasteiger partial charge in [0, 0.05) is 29.7 Å². The summed E-state index contributed by atoms with van der Waals surface area (Å²) >= 11 is 5.98. The minimum Gasteiger partial charge on any atom is -0.340 e. The van der Waals surface area contributed by atoms with Crippen molar-refractivity contribution in [3.8, 4) is 0 Å². The maximum absolute atomic E-state index is 13.7. The van der Waals surface area contributed by atoms with Gasteiger partial charge in [0.25, 0.3) is 0 Å². The first kappa shape index (κ1) is 13.8. The van der Waals surface area contributed by atoms with E-state index < -0.39 is 5.82 Å². The Hall–Kier alpha value is -1.13. The summed E-state index contributed by atoms with van der Waals surface area (Å²) in [6, 6.07) is 4.93. The smallest absolute Gasteiger partial charge is 0.227 e. The summed E-state index contributed by atoms with van der Waals surface area (Å²) in [4.78, 5) is 14.2. The van der Waals surface area contributed by atoms with Gasteiger partial charge < -0.3 is 10.2 Å². The normalized spacial score (nSPS) is 25.6. The highest BCUT2D eigenvalue weighted by Crippen LogP contribution is 2.26. The zero-order valence-electron chi connectivity index (χ0n) is 11.2. The number of likely N-dealkylation sites (tertiary alicyclic amines) is 1. The van der Waals surface area contributed by atoms with Gasteiger partial charge in [0.05, 0.1) is 6.42 Å². The number of carbonyl (C=O) groups excluding carboxylic acids is 1. The highest BCUT2D eigenvalue weighted by molar-refractivity contribution is 6.31. The summed E-state index contributed by atoms with van der Waals surface area (Å²) in [5, 5.41) is 3.79. The van der Waals surface area contributed by atoms with E-state index in [2.05, 4.69) is 5.32 Å². The molecule has 1 amide bonds. The molecular formula is C15H18ClFN2O. The number of benzene rings is 1. The number of fused-ring (bicyclic) bond motifs is 1. The molecule has 3 nitrogen and oxygen atoms in total. The Balaban J connectivity index is 1.68. The van der Waals surface area contributed by atoms with Crippen molar-refractivity contribution >= 4 is 17.5 Å².